The van der Waals surface area contributed by atoms with Gasteiger partial charge in [0.2, 0.25) is 10.0 Å². The maximum absolute atomic E-state index is 12.5. The Morgan fingerprint density at radius 2 is 1.80 bits per heavy atom. The van der Waals surface area contributed by atoms with Gasteiger partial charge in [0.05, 0.1) is 11.5 Å². The average molecular weight is 300 g/mol. The van der Waals surface area contributed by atoms with Gasteiger partial charge in [-0.25, -0.2) is 8.42 Å². The van der Waals surface area contributed by atoms with Crippen LogP contribution in [0.5, 0.6) is 0 Å². The van der Waals surface area contributed by atoms with E-state index in [2.05, 4.69) is 5.32 Å². The molecule has 1 rings (SSSR count). The number of sulfonamides is 1. The van der Waals surface area contributed by atoms with E-state index in [0.29, 0.717) is 31.2 Å². The Labute approximate surface area is 122 Å². The smallest absolute Gasteiger partial charge is 0.243 e. The van der Waals surface area contributed by atoms with Crippen molar-refractivity contribution >= 4 is 15.7 Å². The van der Waals surface area contributed by atoms with E-state index in [-0.39, 0.29) is 0 Å². The molecule has 1 N–H and O–H groups in total. The van der Waals surface area contributed by atoms with Crippen molar-refractivity contribution in [2.24, 2.45) is 0 Å². The van der Waals surface area contributed by atoms with Crippen LogP contribution in [-0.4, -0.2) is 45.6 Å². The summed E-state index contributed by atoms with van der Waals surface area (Å²) in [5.41, 5.74) is 0.920. The summed E-state index contributed by atoms with van der Waals surface area (Å²) >= 11 is 0. The lowest BCUT2D eigenvalue weighted by molar-refractivity contribution is 0.135. The quantitative estimate of drug-likeness (QED) is 0.710. The van der Waals surface area contributed by atoms with Crippen molar-refractivity contribution in [1.82, 2.24) is 4.31 Å². The molecule has 0 bridgehead atoms. The lowest BCUT2D eigenvalue weighted by Gasteiger charge is -2.20. The van der Waals surface area contributed by atoms with Gasteiger partial charge in [0.25, 0.3) is 0 Å². The molecule has 0 aliphatic rings. The predicted molar refractivity (Wildman–Crippen MR) is 81.5 cm³/mol. The normalized spacial score (nSPS) is 11.8. The molecule has 0 heterocycles. The summed E-state index contributed by atoms with van der Waals surface area (Å²) in [7, 11) is -3.44. The van der Waals surface area contributed by atoms with Gasteiger partial charge in [0.15, 0.2) is 0 Å². The summed E-state index contributed by atoms with van der Waals surface area (Å²) in [6.45, 7) is 8.35. The Bertz CT molecular complexity index is 486. The first-order valence-electron chi connectivity index (χ1n) is 6.98. The van der Waals surface area contributed by atoms with Crippen LogP contribution in [-0.2, 0) is 14.8 Å². The highest BCUT2D eigenvalue weighted by molar-refractivity contribution is 7.89. The van der Waals surface area contributed by atoms with Crippen LogP contribution in [0.3, 0.4) is 0 Å². The number of hydrogen-bond acceptors (Lipinski definition) is 4. The van der Waals surface area contributed by atoms with Crippen LogP contribution < -0.4 is 5.32 Å². The average Bonchev–Trinajstić information content (AvgIpc) is 2.44. The molecular weight excluding hydrogens is 276 g/mol. The standard InChI is InChI=1S/C14H24N2O3S/c1-4-15-13-7-9-14(10-8-13)20(17,18)16(5-2)11-12-19-6-3/h7-10,15H,4-6,11-12H2,1-3H3. The molecule has 1 aromatic carbocycles. The molecule has 0 saturated carbocycles. The zero-order chi connectivity index (χ0) is 15.0. The number of hydrogen-bond donors (Lipinski definition) is 1. The van der Waals surface area contributed by atoms with Crippen LogP contribution in [0.1, 0.15) is 20.8 Å². The van der Waals surface area contributed by atoms with Crippen LogP contribution in [0, 0.1) is 0 Å². The number of anilines is 1. The van der Waals surface area contributed by atoms with Crippen molar-refractivity contribution in [2.45, 2.75) is 25.7 Å². The molecule has 0 amide bonds. The van der Waals surface area contributed by atoms with E-state index in [4.69, 9.17) is 4.74 Å². The molecule has 6 heteroatoms. The number of benzene rings is 1. The highest BCUT2D eigenvalue weighted by Crippen LogP contribution is 2.18. The summed E-state index contributed by atoms with van der Waals surface area (Å²) in [6.07, 6.45) is 0. The first kappa shape index (κ1) is 16.9. The minimum atomic E-state index is -3.44. The minimum absolute atomic E-state index is 0.317. The molecule has 1 aromatic rings. The van der Waals surface area contributed by atoms with E-state index in [1.165, 1.54) is 4.31 Å². The van der Waals surface area contributed by atoms with E-state index in [1.807, 2.05) is 20.8 Å². The van der Waals surface area contributed by atoms with Gasteiger partial charge in [-0.2, -0.15) is 4.31 Å². The fraction of sp³-hybridized carbons (Fsp3) is 0.571. The zero-order valence-corrected chi connectivity index (χ0v) is 13.2. The molecule has 0 atom stereocenters. The lowest BCUT2D eigenvalue weighted by Crippen LogP contribution is -2.33. The molecule has 114 valence electrons. The Morgan fingerprint density at radius 1 is 1.15 bits per heavy atom. The van der Waals surface area contributed by atoms with Crippen LogP contribution in [0.15, 0.2) is 29.2 Å². The van der Waals surface area contributed by atoms with Crippen molar-refractivity contribution in [3.05, 3.63) is 24.3 Å². The van der Waals surface area contributed by atoms with E-state index in [1.54, 1.807) is 24.3 Å². The number of likely N-dealkylation sites (N-methyl/N-ethyl adjacent to an activating group) is 1. The third-order valence-electron chi connectivity index (χ3n) is 2.91. The van der Waals surface area contributed by atoms with Crippen molar-refractivity contribution in [1.29, 1.82) is 0 Å². The molecule has 20 heavy (non-hydrogen) atoms. The van der Waals surface area contributed by atoms with Crippen molar-refractivity contribution in [2.75, 3.05) is 38.2 Å². The topological polar surface area (TPSA) is 58.6 Å². The van der Waals surface area contributed by atoms with E-state index in [0.717, 1.165) is 12.2 Å². The molecule has 0 radical (unpaired) electrons. The summed E-state index contributed by atoms with van der Waals surface area (Å²) in [6, 6.07) is 6.84. The van der Waals surface area contributed by atoms with E-state index >= 15 is 0 Å². The second-order valence-electron chi connectivity index (χ2n) is 4.25. The highest BCUT2D eigenvalue weighted by atomic mass is 32.2. The van der Waals surface area contributed by atoms with Gasteiger partial charge < -0.3 is 10.1 Å². The Morgan fingerprint density at radius 3 is 2.30 bits per heavy atom. The largest absolute Gasteiger partial charge is 0.385 e. The minimum Gasteiger partial charge on any atom is -0.385 e. The summed E-state index contributed by atoms with van der Waals surface area (Å²) in [4.78, 5) is 0.317. The van der Waals surface area contributed by atoms with E-state index in [9.17, 15) is 8.42 Å². The molecule has 0 aromatic heterocycles. The third-order valence-corrected chi connectivity index (χ3v) is 4.90. The van der Waals surface area contributed by atoms with Crippen LogP contribution in [0.4, 0.5) is 5.69 Å². The Balaban J connectivity index is 2.84. The van der Waals surface area contributed by atoms with Crippen LogP contribution in [0.2, 0.25) is 0 Å². The summed E-state index contributed by atoms with van der Waals surface area (Å²) in [5, 5.41) is 3.14. The predicted octanol–water partition coefficient (Wildman–Crippen LogP) is 2.17. The number of nitrogens with one attached hydrogen (secondary N) is 1. The SMILES string of the molecule is CCNc1ccc(S(=O)(=O)N(CC)CCOCC)cc1. The second kappa shape index (κ2) is 8.24. The zero-order valence-electron chi connectivity index (χ0n) is 12.4. The molecule has 5 nitrogen and oxygen atoms in total. The molecule has 0 aliphatic carbocycles. The van der Waals surface area contributed by atoms with Crippen LogP contribution in [0.25, 0.3) is 0 Å². The summed E-state index contributed by atoms with van der Waals surface area (Å²) < 4.78 is 31.6. The molecule has 0 saturated heterocycles. The first-order valence-corrected chi connectivity index (χ1v) is 8.42. The number of rotatable bonds is 9. The van der Waals surface area contributed by atoms with Crippen molar-refractivity contribution in [3.63, 3.8) is 0 Å². The van der Waals surface area contributed by atoms with Gasteiger partial charge >= 0.3 is 0 Å². The Kier molecular flexibility index (Phi) is 6.98. The fourth-order valence-electron chi connectivity index (χ4n) is 1.86. The van der Waals surface area contributed by atoms with Gasteiger partial charge in [-0.1, -0.05) is 6.92 Å². The monoisotopic (exact) mass is 300 g/mol. The van der Waals surface area contributed by atoms with Crippen molar-refractivity contribution in [3.8, 4) is 0 Å². The van der Waals surface area contributed by atoms with Gasteiger partial charge in [0.1, 0.15) is 0 Å². The maximum Gasteiger partial charge on any atom is 0.243 e. The van der Waals surface area contributed by atoms with Gasteiger partial charge in [-0.05, 0) is 38.1 Å². The second-order valence-corrected chi connectivity index (χ2v) is 6.19. The van der Waals surface area contributed by atoms with Gasteiger partial charge in [-0.3, -0.25) is 0 Å². The third kappa shape index (κ3) is 4.47. The fourth-order valence-corrected chi connectivity index (χ4v) is 3.29. The summed E-state index contributed by atoms with van der Waals surface area (Å²) in [5.74, 6) is 0. The van der Waals surface area contributed by atoms with E-state index < -0.39 is 10.0 Å². The maximum atomic E-state index is 12.5. The number of ether oxygens (including phenoxy) is 1. The molecule has 0 unspecified atom stereocenters. The van der Waals surface area contributed by atoms with Gasteiger partial charge in [0, 0.05) is 31.9 Å². The lowest BCUT2D eigenvalue weighted by atomic mass is 10.3. The van der Waals surface area contributed by atoms with Crippen LogP contribution >= 0.6 is 0 Å². The molecular formula is C14H24N2O3S. The highest BCUT2D eigenvalue weighted by Gasteiger charge is 2.22. The number of nitrogens with zero attached hydrogens (tertiary/aromatic N) is 1. The molecule has 0 aliphatic heterocycles. The molecule has 0 fully saturated rings. The van der Waals surface area contributed by atoms with Crippen molar-refractivity contribution < 1.29 is 13.2 Å². The van der Waals surface area contributed by atoms with Gasteiger partial charge in [-0.15, -0.1) is 0 Å². The Hall–Kier alpha value is -1.11. The first-order chi connectivity index (χ1) is 9.56. The molecule has 0 spiro atoms.